The van der Waals surface area contributed by atoms with Gasteiger partial charge in [-0.2, -0.15) is 0 Å². The largest absolute Gasteiger partial charge is 0.395 e. The molecule has 0 aliphatic heterocycles. The normalized spacial score (nSPS) is 10.5. The van der Waals surface area contributed by atoms with Gasteiger partial charge >= 0.3 is 0 Å². The molecule has 0 bridgehead atoms. The summed E-state index contributed by atoms with van der Waals surface area (Å²) in [5.41, 5.74) is 0. The van der Waals surface area contributed by atoms with Gasteiger partial charge in [-0.05, 0) is 26.9 Å². The van der Waals surface area contributed by atoms with Gasteiger partial charge in [-0.1, -0.05) is 0 Å². The lowest BCUT2D eigenvalue weighted by Gasteiger charge is -2.14. The SMILES string of the molecule is [CH2]CN(C[CH2])CCO. The molecule has 2 heteroatoms. The predicted octanol–water partition coefficient (Wildman–Crippen LogP) is -0.0511. The van der Waals surface area contributed by atoms with Crippen LogP contribution in [0.5, 0.6) is 0 Å². The molecule has 8 heavy (non-hydrogen) atoms. The second-order valence-corrected chi connectivity index (χ2v) is 1.57. The van der Waals surface area contributed by atoms with E-state index in [1.165, 1.54) is 0 Å². The van der Waals surface area contributed by atoms with E-state index >= 15 is 0 Å². The van der Waals surface area contributed by atoms with Crippen LogP contribution >= 0.6 is 0 Å². The summed E-state index contributed by atoms with van der Waals surface area (Å²) in [5, 5.41) is 8.40. The first kappa shape index (κ1) is 7.92. The van der Waals surface area contributed by atoms with E-state index in [1.54, 1.807) is 0 Å². The van der Waals surface area contributed by atoms with Gasteiger partial charge in [0.05, 0.1) is 6.61 Å². The van der Waals surface area contributed by atoms with E-state index in [2.05, 4.69) is 13.8 Å². The van der Waals surface area contributed by atoms with E-state index in [0.717, 1.165) is 13.1 Å². The second kappa shape index (κ2) is 5.06. The standard InChI is InChI=1S/C6H13NO/c1-3-7(4-2)5-6-8/h8H,1-6H2. The molecule has 0 rings (SSSR count). The van der Waals surface area contributed by atoms with Crippen molar-refractivity contribution in [3.63, 3.8) is 0 Å². The van der Waals surface area contributed by atoms with Gasteiger partial charge in [-0.15, -0.1) is 0 Å². The first-order chi connectivity index (χ1) is 3.85. The fourth-order valence-electron chi connectivity index (χ4n) is 0.477. The van der Waals surface area contributed by atoms with E-state index in [4.69, 9.17) is 5.11 Å². The molecule has 0 aromatic heterocycles. The van der Waals surface area contributed by atoms with Crippen molar-refractivity contribution in [3.05, 3.63) is 13.8 Å². The van der Waals surface area contributed by atoms with Crippen molar-refractivity contribution in [1.82, 2.24) is 4.90 Å². The number of hydrogen-bond donors (Lipinski definition) is 1. The molecule has 0 unspecified atom stereocenters. The lowest BCUT2D eigenvalue weighted by Crippen LogP contribution is -2.26. The zero-order chi connectivity index (χ0) is 6.41. The van der Waals surface area contributed by atoms with Crippen molar-refractivity contribution in [1.29, 1.82) is 0 Å². The van der Waals surface area contributed by atoms with Crippen LogP contribution < -0.4 is 0 Å². The molecule has 2 radical (unpaired) electrons. The molecular weight excluding hydrogens is 102 g/mol. The van der Waals surface area contributed by atoms with Crippen LogP contribution in [0.1, 0.15) is 0 Å². The monoisotopic (exact) mass is 115 g/mol. The Kier molecular flexibility index (Phi) is 5.01. The summed E-state index contributed by atoms with van der Waals surface area (Å²) < 4.78 is 0. The van der Waals surface area contributed by atoms with Crippen LogP contribution in [0.25, 0.3) is 0 Å². The third kappa shape index (κ3) is 2.99. The van der Waals surface area contributed by atoms with Gasteiger partial charge in [0.2, 0.25) is 0 Å². The molecule has 0 aliphatic carbocycles. The van der Waals surface area contributed by atoms with Crippen LogP contribution in [0.4, 0.5) is 0 Å². The Morgan fingerprint density at radius 2 is 1.75 bits per heavy atom. The second-order valence-electron chi connectivity index (χ2n) is 1.57. The van der Waals surface area contributed by atoms with E-state index in [0.29, 0.717) is 6.54 Å². The first-order valence-corrected chi connectivity index (χ1v) is 2.76. The van der Waals surface area contributed by atoms with Gasteiger partial charge in [0.15, 0.2) is 0 Å². The molecule has 0 saturated carbocycles. The molecule has 0 heterocycles. The molecule has 48 valence electrons. The summed E-state index contributed by atoms with van der Waals surface area (Å²) in [5.74, 6) is 0. The third-order valence-electron chi connectivity index (χ3n) is 1.05. The first-order valence-electron chi connectivity index (χ1n) is 2.76. The lowest BCUT2D eigenvalue weighted by molar-refractivity contribution is 0.219. The van der Waals surface area contributed by atoms with Crippen molar-refractivity contribution < 1.29 is 5.11 Å². The van der Waals surface area contributed by atoms with E-state index in [9.17, 15) is 0 Å². The Morgan fingerprint density at radius 1 is 1.25 bits per heavy atom. The zero-order valence-electron chi connectivity index (χ0n) is 5.14. The molecule has 0 spiro atoms. The highest BCUT2D eigenvalue weighted by atomic mass is 16.3. The quantitative estimate of drug-likeness (QED) is 0.555. The smallest absolute Gasteiger partial charge is 0.0558 e. The molecule has 0 aromatic rings. The molecule has 0 atom stereocenters. The average molecular weight is 115 g/mol. The van der Waals surface area contributed by atoms with Crippen molar-refractivity contribution >= 4 is 0 Å². The highest BCUT2D eigenvalue weighted by Crippen LogP contribution is 1.81. The summed E-state index contributed by atoms with van der Waals surface area (Å²) in [7, 11) is 0. The predicted molar refractivity (Wildman–Crippen MR) is 34.2 cm³/mol. The Morgan fingerprint density at radius 3 is 1.88 bits per heavy atom. The van der Waals surface area contributed by atoms with Gasteiger partial charge in [0.1, 0.15) is 0 Å². The molecular formula is C6H13NO. The van der Waals surface area contributed by atoms with E-state index in [-0.39, 0.29) is 6.61 Å². The van der Waals surface area contributed by atoms with Gasteiger partial charge in [0, 0.05) is 6.54 Å². The van der Waals surface area contributed by atoms with E-state index < -0.39 is 0 Å². The minimum Gasteiger partial charge on any atom is -0.395 e. The fraction of sp³-hybridized carbons (Fsp3) is 0.667. The molecule has 0 fully saturated rings. The number of nitrogens with zero attached hydrogens (tertiary/aromatic N) is 1. The van der Waals surface area contributed by atoms with Crippen molar-refractivity contribution in [2.24, 2.45) is 0 Å². The Balaban J connectivity index is 3.07. The molecule has 0 aliphatic rings. The third-order valence-corrected chi connectivity index (χ3v) is 1.05. The summed E-state index contributed by atoms with van der Waals surface area (Å²) in [6, 6.07) is 0. The van der Waals surface area contributed by atoms with Crippen LogP contribution in [0, 0.1) is 13.8 Å². The van der Waals surface area contributed by atoms with Gasteiger partial charge < -0.3 is 10.0 Å². The average Bonchev–Trinajstić information content (AvgIpc) is 1.83. The molecule has 0 amide bonds. The Bertz CT molecular complexity index is 43.8. The fourth-order valence-corrected chi connectivity index (χ4v) is 0.477. The molecule has 2 nitrogen and oxygen atoms in total. The van der Waals surface area contributed by atoms with Crippen LogP contribution in [-0.4, -0.2) is 36.2 Å². The number of hydrogen-bond acceptors (Lipinski definition) is 2. The minimum absolute atomic E-state index is 0.199. The highest BCUT2D eigenvalue weighted by Gasteiger charge is 1.93. The van der Waals surface area contributed by atoms with Gasteiger partial charge in [-0.25, -0.2) is 0 Å². The highest BCUT2D eigenvalue weighted by molar-refractivity contribution is 4.57. The maximum Gasteiger partial charge on any atom is 0.0558 e. The summed E-state index contributed by atoms with van der Waals surface area (Å²) in [6.07, 6.45) is 0. The Hall–Kier alpha value is -0.0800. The topological polar surface area (TPSA) is 23.5 Å². The molecule has 0 saturated heterocycles. The maximum atomic E-state index is 8.40. The van der Waals surface area contributed by atoms with Gasteiger partial charge in [0.25, 0.3) is 0 Å². The zero-order valence-corrected chi connectivity index (χ0v) is 5.14. The summed E-state index contributed by atoms with van der Waals surface area (Å²) in [4.78, 5) is 1.96. The summed E-state index contributed by atoms with van der Waals surface area (Å²) in [6.45, 7) is 9.64. The number of aliphatic hydroxyl groups excluding tert-OH is 1. The van der Waals surface area contributed by atoms with Crippen LogP contribution in [0.3, 0.4) is 0 Å². The van der Waals surface area contributed by atoms with Crippen molar-refractivity contribution in [3.8, 4) is 0 Å². The number of rotatable bonds is 4. The van der Waals surface area contributed by atoms with Crippen molar-refractivity contribution in [2.45, 2.75) is 0 Å². The molecule has 0 aromatic carbocycles. The van der Waals surface area contributed by atoms with E-state index in [1.807, 2.05) is 4.90 Å². The van der Waals surface area contributed by atoms with Crippen LogP contribution in [0.15, 0.2) is 0 Å². The Labute approximate surface area is 51.1 Å². The van der Waals surface area contributed by atoms with Gasteiger partial charge in [-0.3, -0.25) is 0 Å². The lowest BCUT2D eigenvalue weighted by atomic mass is 10.5. The summed E-state index contributed by atoms with van der Waals surface area (Å²) >= 11 is 0. The minimum atomic E-state index is 0.199. The van der Waals surface area contributed by atoms with Crippen LogP contribution in [0.2, 0.25) is 0 Å². The maximum absolute atomic E-state index is 8.40. The molecule has 1 N–H and O–H groups in total. The van der Waals surface area contributed by atoms with Crippen molar-refractivity contribution in [2.75, 3.05) is 26.2 Å². The number of aliphatic hydroxyl groups is 1. The van der Waals surface area contributed by atoms with Crippen LogP contribution in [-0.2, 0) is 0 Å².